The third-order valence-electron chi connectivity index (χ3n) is 4.19. The van der Waals surface area contributed by atoms with Crippen molar-refractivity contribution >= 4 is 17.5 Å². The topological polar surface area (TPSA) is 76.7 Å². The monoisotopic (exact) mass is 340 g/mol. The highest BCUT2D eigenvalue weighted by molar-refractivity contribution is 6.15. The first-order valence-corrected chi connectivity index (χ1v) is 8.04. The molecule has 2 N–H and O–H groups in total. The van der Waals surface area contributed by atoms with E-state index >= 15 is 0 Å². The highest BCUT2D eigenvalue weighted by atomic mass is 16.5. The van der Waals surface area contributed by atoms with Gasteiger partial charge in [-0.3, -0.25) is 9.59 Å². The Hall–Kier alpha value is -3.02. The van der Waals surface area contributed by atoms with Crippen LogP contribution in [0.25, 0.3) is 0 Å². The maximum absolute atomic E-state index is 12.6. The molecule has 2 amide bonds. The molecule has 0 spiro atoms. The van der Waals surface area contributed by atoms with Gasteiger partial charge in [0.25, 0.3) is 17.4 Å². The van der Waals surface area contributed by atoms with Crippen LogP contribution >= 0.6 is 0 Å². The van der Waals surface area contributed by atoms with Crippen LogP contribution in [0.15, 0.2) is 48.5 Å². The highest BCUT2D eigenvalue weighted by Crippen LogP contribution is 2.33. The Bertz CT molecular complexity index is 806. The number of methoxy groups -OCH3 is 1. The molecule has 0 saturated heterocycles. The van der Waals surface area contributed by atoms with E-state index in [1.165, 1.54) is 6.92 Å². The minimum absolute atomic E-state index is 0.368. The smallest absolute Gasteiger partial charge is 0.278 e. The number of amides is 2. The van der Waals surface area contributed by atoms with E-state index in [1.54, 1.807) is 31.4 Å². The lowest BCUT2D eigenvalue weighted by molar-refractivity contribution is -0.146. The van der Waals surface area contributed by atoms with Crippen LogP contribution in [-0.4, -0.2) is 31.1 Å². The predicted octanol–water partition coefficient (Wildman–Crippen LogP) is 2.14. The number of nitrogens with one attached hydrogen (secondary N) is 2. The fraction of sp³-hybridized carbons (Fsp3) is 0.263. The van der Waals surface area contributed by atoms with Gasteiger partial charge in [-0.1, -0.05) is 30.3 Å². The first-order valence-electron chi connectivity index (χ1n) is 8.04. The van der Waals surface area contributed by atoms with Crippen molar-refractivity contribution in [2.75, 3.05) is 19.0 Å². The summed E-state index contributed by atoms with van der Waals surface area (Å²) in [5, 5.41) is 5.49. The number of benzene rings is 2. The number of hydrogen-bond acceptors (Lipinski definition) is 4. The van der Waals surface area contributed by atoms with Gasteiger partial charge in [-0.25, -0.2) is 0 Å². The summed E-state index contributed by atoms with van der Waals surface area (Å²) in [6, 6.07) is 14.6. The Kier molecular flexibility index (Phi) is 4.61. The minimum atomic E-state index is -1.60. The average Bonchev–Trinajstić information content (AvgIpc) is 2.63. The van der Waals surface area contributed by atoms with Gasteiger partial charge in [-0.2, -0.15) is 0 Å². The van der Waals surface area contributed by atoms with E-state index in [1.807, 2.05) is 24.3 Å². The molecule has 3 rings (SSSR count). The quantitative estimate of drug-likeness (QED) is 0.818. The Morgan fingerprint density at radius 3 is 2.72 bits per heavy atom. The molecule has 0 fully saturated rings. The molecular weight excluding hydrogens is 320 g/mol. The Labute approximate surface area is 146 Å². The van der Waals surface area contributed by atoms with E-state index in [-0.39, 0.29) is 0 Å². The van der Waals surface area contributed by atoms with E-state index in [2.05, 4.69) is 10.6 Å². The van der Waals surface area contributed by atoms with Crippen LogP contribution in [-0.2, 0) is 16.0 Å². The number of ether oxygens (including phenoxy) is 2. The largest absolute Gasteiger partial charge is 0.496 e. The number of para-hydroxylation sites is 3. The lowest BCUT2D eigenvalue weighted by Crippen LogP contribution is -2.58. The van der Waals surface area contributed by atoms with Crippen molar-refractivity contribution in [3.05, 3.63) is 54.1 Å². The summed E-state index contributed by atoms with van der Waals surface area (Å²) in [6.07, 6.45) is 0.587. The number of anilines is 1. The van der Waals surface area contributed by atoms with Crippen molar-refractivity contribution in [1.82, 2.24) is 5.32 Å². The number of carbonyl (C=O) groups is 2. The van der Waals surface area contributed by atoms with Crippen LogP contribution in [0.1, 0.15) is 12.5 Å². The van der Waals surface area contributed by atoms with E-state index in [4.69, 9.17) is 9.47 Å². The molecule has 2 aromatic rings. The normalized spacial score (nSPS) is 18.6. The summed E-state index contributed by atoms with van der Waals surface area (Å²) in [7, 11) is 1.61. The maximum atomic E-state index is 12.6. The number of rotatable bonds is 5. The minimum Gasteiger partial charge on any atom is -0.496 e. The Morgan fingerprint density at radius 2 is 1.92 bits per heavy atom. The van der Waals surface area contributed by atoms with Gasteiger partial charge in [0, 0.05) is 6.54 Å². The zero-order chi connectivity index (χ0) is 17.9. The molecule has 1 atom stereocenters. The van der Waals surface area contributed by atoms with Crippen molar-refractivity contribution in [2.24, 2.45) is 0 Å². The summed E-state index contributed by atoms with van der Waals surface area (Å²) in [6.45, 7) is 1.84. The van der Waals surface area contributed by atoms with Crippen molar-refractivity contribution < 1.29 is 19.1 Å². The lowest BCUT2D eigenvalue weighted by atomic mass is 10.0. The molecule has 0 saturated carbocycles. The molecule has 25 heavy (non-hydrogen) atoms. The molecule has 6 heteroatoms. The predicted molar refractivity (Wildman–Crippen MR) is 93.8 cm³/mol. The van der Waals surface area contributed by atoms with Crippen LogP contribution in [0.4, 0.5) is 5.69 Å². The van der Waals surface area contributed by atoms with E-state index in [0.29, 0.717) is 24.4 Å². The van der Waals surface area contributed by atoms with E-state index < -0.39 is 17.4 Å². The molecule has 1 heterocycles. The second kappa shape index (κ2) is 6.84. The first kappa shape index (κ1) is 16.8. The molecule has 0 aromatic heterocycles. The van der Waals surface area contributed by atoms with Gasteiger partial charge in [0.15, 0.2) is 0 Å². The fourth-order valence-corrected chi connectivity index (χ4v) is 2.71. The molecule has 130 valence electrons. The Morgan fingerprint density at radius 1 is 1.20 bits per heavy atom. The van der Waals surface area contributed by atoms with Crippen LogP contribution in [0.2, 0.25) is 0 Å². The molecule has 1 aliphatic heterocycles. The van der Waals surface area contributed by atoms with Crippen LogP contribution in [0, 0.1) is 0 Å². The van der Waals surface area contributed by atoms with Crippen molar-refractivity contribution in [1.29, 1.82) is 0 Å². The van der Waals surface area contributed by atoms with E-state index in [0.717, 1.165) is 11.3 Å². The fourth-order valence-electron chi connectivity index (χ4n) is 2.71. The second-order valence-electron chi connectivity index (χ2n) is 5.90. The molecule has 0 aliphatic carbocycles. The standard InChI is InChI=1S/C19H20N2O4/c1-19(18(23)21-14-8-4-6-10-16(14)25-19)17(22)20-12-11-13-7-3-5-9-15(13)24-2/h3-10H,11-12H2,1-2H3,(H,20,22)(H,21,23). The number of carbonyl (C=O) groups excluding carboxylic acids is 2. The number of hydrogen-bond donors (Lipinski definition) is 2. The van der Waals surface area contributed by atoms with Crippen molar-refractivity contribution in [3.63, 3.8) is 0 Å². The highest BCUT2D eigenvalue weighted by Gasteiger charge is 2.46. The van der Waals surface area contributed by atoms with Crippen molar-refractivity contribution in [2.45, 2.75) is 18.9 Å². The molecule has 1 aliphatic rings. The molecule has 0 bridgehead atoms. The summed E-state index contributed by atoms with van der Waals surface area (Å²) >= 11 is 0. The molecular formula is C19H20N2O4. The molecule has 0 radical (unpaired) electrons. The number of fused-ring (bicyclic) bond motifs is 1. The van der Waals surface area contributed by atoms with Gasteiger partial charge in [-0.15, -0.1) is 0 Å². The Balaban J connectivity index is 1.66. The molecule has 6 nitrogen and oxygen atoms in total. The van der Waals surface area contributed by atoms with Gasteiger partial charge >= 0.3 is 0 Å². The molecule has 1 unspecified atom stereocenters. The second-order valence-corrected chi connectivity index (χ2v) is 5.90. The third-order valence-corrected chi connectivity index (χ3v) is 4.19. The zero-order valence-electron chi connectivity index (χ0n) is 14.2. The third kappa shape index (κ3) is 3.28. The van der Waals surface area contributed by atoms with Crippen LogP contribution in [0.3, 0.4) is 0 Å². The van der Waals surface area contributed by atoms with Gasteiger partial charge in [-0.05, 0) is 37.1 Å². The van der Waals surface area contributed by atoms with Gasteiger partial charge in [0.05, 0.1) is 12.8 Å². The SMILES string of the molecule is COc1ccccc1CCNC(=O)C1(C)Oc2ccccc2NC1=O. The van der Waals surface area contributed by atoms with Gasteiger partial charge in [0.1, 0.15) is 11.5 Å². The maximum Gasteiger partial charge on any atom is 0.278 e. The van der Waals surface area contributed by atoms with E-state index in [9.17, 15) is 9.59 Å². The summed E-state index contributed by atoms with van der Waals surface area (Å²) in [5.74, 6) is 0.281. The summed E-state index contributed by atoms with van der Waals surface area (Å²) in [5.41, 5.74) is -0.0589. The first-order chi connectivity index (χ1) is 12.0. The van der Waals surface area contributed by atoms with Gasteiger partial charge < -0.3 is 20.1 Å². The van der Waals surface area contributed by atoms with Crippen LogP contribution < -0.4 is 20.1 Å². The lowest BCUT2D eigenvalue weighted by Gasteiger charge is -2.33. The summed E-state index contributed by atoms with van der Waals surface area (Å²) < 4.78 is 11.0. The zero-order valence-corrected chi connectivity index (χ0v) is 14.2. The molecule has 2 aromatic carbocycles. The average molecular weight is 340 g/mol. The van der Waals surface area contributed by atoms with Crippen molar-refractivity contribution in [3.8, 4) is 11.5 Å². The van der Waals surface area contributed by atoms with Crippen LogP contribution in [0.5, 0.6) is 11.5 Å². The van der Waals surface area contributed by atoms with Gasteiger partial charge in [0.2, 0.25) is 0 Å². The summed E-state index contributed by atoms with van der Waals surface area (Å²) in [4.78, 5) is 24.9.